The number of ether oxygens (including phenoxy) is 1. The molecule has 1 atom stereocenters. The fraction of sp³-hybridized carbons (Fsp3) is 0.450. The number of nitrogens with one attached hydrogen (secondary N) is 1. The Labute approximate surface area is 164 Å². The molecule has 1 aromatic carbocycles. The first-order valence-corrected chi connectivity index (χ1v) is 9.66. The summed E-state index contributed by atoms with van der Waals surface area (Å²) in [5.41, 5.74) is 3.44. The molecule has 0 spiro atoms. The van der Waals surface area contributed by atoms with Gasteiger partial charge in [-0.15, -0.1) is 0 Å². The predicted molar refractivity (Wildman–Crippen MR) is 107 cm³/mol. The third kappa shape index (κ3) is 3.35. The van der Waals surface area contributed by atoms with Gasteiger partial charge in [0.2, 0.25) is 5.95 Å². The maximum Gasteiger partial charge on any atom is 0.251 e. The van der Waals surface area contributed by atoms with Crippen molar-refractivity contribution in [1.29, 1.82) is 0 Å². The Hall–Kier alpha value is -2.87. The van der Waals surface area contributed by atoms with E-state index < -0.39 is 0 Å². The lowest BCUT2D eigenvalue weighted by Crippen LogP contribution is -2.37. The molecule has 3 aromatic rings. The minimum Gasteiger partial charge on any atom is -0.378 e. The van der Waals surface area contributed by atoms with Crippen LogP contribution in [0.1, 0.15) is 35.4 Å². The van der Waals surface area contributed by atoms with Gasteiger partial charge in [0.25, 0.3) is 5.91 Å². The van der Waals surface area contributed by atoms with Gasteiger partial charge in [-0.05, 0) is 30.7 Å². The minimum atomic E-state index is -0.103. The number of aromatic nitrogens is 4. The summed E-state index contributed by atoms with van der Waals surface area (Å²) in [6, 6.07) is 7.54. The number of hydrogen-bond acceptors (Lipinski definition) is 5. The monoisotopic (exact) mass is 382 g/mol. The summed E-state index contributed by atoms with van der Waals surface area (Å²) >= 11 is 0. The van der Waals surface area contributed by atoms with Crippen LogP contribution in [0, 0.1) is 0 Å². The van der Waals surface area contributed by atoms with Gasteiger partial charge in [0.15, 0.2) is 0 Å². The zero-order valence-electron chi connectivity index (χ0n) is 16.6. The van der Waals surface area contributed by atoms with Gasteiger partial charge in [0, 0.05) is 38.9 Å². The van der Waals surface area contributed by atoms with Gasteiger partial charge in [0.1, 0.15) is 0 Å². The molecule has 0 bridgehead atoms. The molecule has 0 radical (unpaired) electrons. The fourth-order valence-electron chi connectivity index (χ4n) is 3.73. The van der Waals surface area contributed by atoms with Gasteiger partial charge in [0.05, 0.1) is 36.0 Å². The van der Waals surface area contributed by atoms with Crippen molar-refractivity contribution in [1.82, 2.24) is 24.6 Å². The van der Waals surface area contributed by atoms with Crippen LogP contribution in [-0.4, -0.2) is 51.5 Å². The van der Waals surface area contributed by atoms with Crippen LogP contribution in [-0.2, 0) is 18.8 Å². The van der Waals surface area contributed by atoms with E-state index in [0.717, 1.165) is 42.2 Å². The van der Waals surface area contributed by atoms with E-state index in [2.05, 4.69) is 26.8 Å². The molecule has 2 aromatic heterocycles. The number of benzene rings is 1. The summed E-state index contributed by atoms with van der Waals surface area (Å²) in [7, 11) is 3.90. The summed E-state index contributed by atoms with van der Waals surface area (Å²) in [5, 5.41) is 7.32. The SMILES string of the molecule is CCC(NC(=O)c1ccc2c(c1)nc(N1CCOCC1)n2C)c1ccnn1C. The first-order chi connectivity index (χ1) is 13.6. The average molecular weight is 382 g/mol. The average Bonchev–Trinajstić information content (AvgIpc) is 3.29. The molecule has 28 heavy (non-hydrogen) atoms. The van der Waals surface area contributed by atoms with Gasteiger partial charge in [-0.25, -0.2) is 4.98 Å². The first kappa shape index (κ1) is 18.5. The number of anilines is 1. The summed E-state index contributed by atoms with van der Waals surface area (Å²) < 4.78 is 9.31. The maximum absolute atomic E-state index is 12.9. The van der Waals surface area contributed by atoms with Crippen LogP contribution in [0.3, 0.4) is 0 Å². The Morgan fingerprint density at radius 2 is 2.04 bits per heavy atom. The molecule has 0 saturated carbocycles. The largest absolute Gasteiger partial charge is 0.378 e. The molecule has 1 fully saturated rings. The van der Waals surface area contributed by atoms with Crippen LogP contribution < -0.4 is 10.2 Å². The van der Waals surface area contributed by atoms with Gasteiger partial charge < -0.3 is 19.5 Å². The van der Waals surface area contributed by atoms with E-state index in [1.165, 1.54) is 0 Å². The topological polar surface area (TPSA) is 77.2 Å². The molecular weight excluding hydrogens is 356 g/mol. The number of carbonyl (C=O) groups is 1. The minimum absolute atomic E-state index is 0.0802. The van der Waals surface area contributed by atoms with Crippen molar-refractivity contribution in [3.63, 3.8) is 0 Å². The fourth-order valence-corrected chi connectivity index (χ4v) is 3.73. The Morgan fingerprint density at radius 3 is 2.71 bits per heavy atom. The Balaban J connectivity index is 1.58. The molecule has 1 aliphatic rings. The van der Waals surface area contributed by atoms with E-state index in [1.807, 2.05) is 38.4 Å². The van der Waals surface area contributed by atoms with Gasteiger partial charge in [-0.2, -0.15) is 5.10 Å². The highest BCUT2D eigenvalue weighted by Gasteiger charge is 2.20. The number of aryl methyl sites for hydroxylation is 2. The zero-order chi connectivity index (χ0) is 19.7. The number of fused-ring (bicyclic) bond motifs is 1. The number of amides is 1. The van der Waals surface area contributed by atoms with Crippen molar-refractivity contribution in [2.24, 2.45) is 14.1 Å². The van der Waals surface area contributed by atoms with Crippen molar-refractivity contribution < 1.29 is 9.53 Å². The molecule has 1 amide bonds. The molecule has 1 N–H and O–H groups in total. The Kier molecular flexibility index (Phi) is 5.04. The second kappa shape index (κ2) is 7.63. The molecule has 3 heterocycles. The lowest BCUT2D eigenvalue weighted by Gasteiger charge is -2.27. The Bertz CT molecular complexity index is 986. The van der Waals surface area contributed by atoms with Crippen LogP contribution >= 0.6 is 0 Å². The van der Waals surface area contributed by atoms with E-state index in [-0.39, 0.29) is 11.9 Å². The molecule has 8 nitrogen and oxygen atoms in total. The molecule has 148 valence electrons. The highest BCUT2D eigenvalue weighted by molar-refractivity contribution is 5.98. The third-order valence-corrected chi connectivity index (χ3v) is 5.34. The summed E-state index contributed by atoms with van der Waals surface area (Å²) in [6.45, 7) is 5.13. The standard InChI is InChI=1S/C20H26N6O2/c1-4-15(18-7-8-21-25(18)3)22-19(27)14-5-6-17-16(13-14)23-20(24(17)2)26-9-11-28-12-10-26/h5-8,13,15H,4,9-12H2,1-3H3,(H,22,27). The molecule has 1 saturated heterocycles. The summed E-state index contributed by atoms with van der Waals surface area (Å²) in [4.78, 5) is 19.9. The lowest BCUT2D eigenvalue weighted by atomic mass is 10.1. The molecule has 1 aliphatic heterocycles. The quantitative estimate of drug-likeness (QED) is 0.731. The van der Waals surface area contributed by atoms with E-state index in [0.29, 0.717) is 18.8 Å². The molecular formula is C20H26N6O2. The molecule has 0 aliphatic carbocycles. The smallest absolute Gasteiger partial charge is 0.251 e. The second-order valence-electron chi connectivity index (χ2n) is 7.09. The van der Waals surface area contributed by atoms with E-state index in [4.69, 9.17) is 9.72 Å². The number of carbonyl (C=O) groups excluding carboxylic acids is 1. The van der Waals surface area contributed by atoms with E-state index in [1.54, 1.807) is 10.9 Å². The normalized spacial score (nSPS) is 15.8. The number of imidazole rings is 1. The third-order valence-electron chi connectivity index (χ3n) is 5.34. The molecule has 4 rings (SSSR count). The highest BCUT2D eigenvalue weighted by atomic mass is 16.5. The number of rotatable bonds is 5. The van der Waals surface area contributed by atoms with Crippen molar-refractivity contribution in [2.75, 3.05) is 31.2 Å². The van der Waals surface area contributed by atoms with Crippen molar-refractivity contribution in [2.45, 2.75) is 19.4 Å². The van der Waals surface area contributed by atoms with Gasteiger partial charge in [-0.3, -0.25) is 9.48 Å². The number of hydrogen-bond donors (Lipinski definition) is 1. The van der Waals surface area contributed by atoms with Crippen LogP contribution in [0.4, 0.5) is 5.95 Å². The molecule has 8 heteroatoms. The second-order valence-corrected chi connectivity index (χ2v) is 7.09. The number of nitrogens with zero attached hydrogens (tertiary/aromatic N) is 5. The summed E-state index contributed by atoms with van der Waals surface area (Å²) in [5.74, 6) is 0.811. The van der Waals surface area contributed by atoms with Crippen molar-refractivity contribution in [3.05, 3.63) is 41.7 Å². The lowest BCUT2D eigenvalue weighted by molar-refractivity contribution is 0.0934. The zero-order valence-corrected chi connectivity index (χ0v) is 16.6. The first-order valence-electron chi connectivity index (χ1n) is 9.66. The van der Waals surface area contributed by atoms with E-state index in [9.17, 15) is 4.79 Å². The van der Waals surface area contributed by atoms with Crippen molar-refractivity contribution >= 4 is 22.9 Å². The highest BCUT2D eigenvalue weighted by Crippen LogP contribution is 2.24. The molecule has 1 unspecified atom stereocenters. The van der Waals surface area contributed by atoms with Crippen LogP contribution in [0.5, 0.6) is 0 Å². The Morgan fingerprint density at radius 1 is 1.25 bits per heavy atom. The van der Waals surface area contributed by atoms with Crippen molar-refractivity contribution in [3.8, 4) is 0 Å². The van der Waals surface area contributed by atoms with Gasteiger partial charge >= 0.3 is 0 Å². The van der Waals surface area contributed by atoms with Crippen LogP contribution in [0.25, 0.3) is 11.0 Å². The maximum atomic E-state index is 12.9. The predicted octanol–water partition coefficient (Wildman–Crippen LogP) is 2.02. The summed E-state index contributed by atoms with van der Waals surface area (Å²) in [6.07, 6.45) is 2.54. The van der Waals surface area contributed by atoms with E-state index >= 15 is 0 Å². The van der Waals surface area contributed by atoms with Crippen LogP contribution in [0.2, 0.25) is 0 Å². The number of morpholine rings is 1. The van der Waals surface area contributed by atoms with Crippen LogP contribution in [0.15, 0.2) is 30.5 Å². The van der Waals surface area contributed by atoms with Gasteiger partial charge in [-0.1, -0.05) is 6.92 Å².